The van der Waals surface area contributed by atoms with E-state index in [2.05, 4.69) is 15.6 Å². The quantitative estimate of drug-likeness (QED) is 0.765. The van der Waals surface area contributed by atoms with Gasteiger partial charge in [-0.25, -0.2) is 4.99 Å². The number of benzene rings is 1. The Kier molecular flexibility index (Phi) is 3.26. The summed E-state index contributed by atoms with van der Waals surface area (Å²) in [4.78, 5) is 28.9. The van der Waals surface area contributed by atoms with Crippen LogP contribution in [0.5, 0.6) is 0 Å². The fourth-order valence-corrected chi connectivity index (χ4v) is 2.89. The second-order valence-corrected chi connectivity index (χ2v) is 5.35. The van der Waals surface area contributed by atoms with Gasteiger partial charge in [0.2, 0.25) is 17.8 Å². The number of carbonyl (C=O) groups excluding carboxylic acids is 2. The molecule has 0 bridgehead atoms. The van der Waals surface area contributed by atoms with Gasteiger partial charge in [0.1, 0.15) is 5.41 Å². The fourth-order valence-electron chi connectivity index (χ4n) is 2.89. The Morgan fingerprint density at radius 1 is 0.900 bits per heavy atom. The number of rotatable bonds is 1. The lowest BCUT2D eigenvalue weighted by atomic mass is 9.72. The zero-order valence-corrected chi connectivity index (χ0v) is 11.2. The fraction of sp³-hybridized carbons (Fsp3) is 0.400. The Morgan fingerprint density at radius 2 is 1.50 bits per heavy atom. The highest BCUT2D eigenvalue weighted by Crippen LogP contribution is 2.38. The summed E-state index contributed by atoms with van der Waals surface area (Å²) in [6, 6.07) is 9.23. The number of hydrogen-bond donors (Lipinski definition) is 2. The predicted octanol–water partition coefficient (Wildman–Crippen LogP) is 1.87. The monoisotopic (exact) mass is 271 g/mol. The molecular weight excluding hydrogens is 254 g/mol. The molecule has 1 saturated carbocycles. The number of guanidine groups is 1. The van der Waals surface area contributed by atoms with E-state index in [4.69, 9.17) is 0 Å². The number of para-hydroxylation sites is 1. The second-order valence-electron chi connectivity index (χ2n) is 5.35. The van der Waals surface area contributed by atoms with E-state index in [-0.39, 0.29) is 17.8 Å². The van der Waals surface area contributed by atoms with Crippen molar-refractivity contribution in [3.8, 4) is 0 Å². The van der Waals surface area contributed by atoms with Crippen molar-refractivity contribution in [2.24, 2.45) is 10.4 Å². The first-order chi connectivity index (χ1) is 9.71. The van der Waals surface area contributed by atoms with E-state index in [1.54, 1.807) is 0 Å². The summed E-state index contributed by atoms with van der Waals surface area (Å²) in [7, 11) is 0. The van der Waals surface area contributed by atoms with Crippen molar-refractivity contribution in [2.45, 2.75) is 32.1 Å². The van der Waals surface area contributed by atoms with Gasteiger partial charge in [0, 0.05) is 0 Å². The number of nitrogens with one attached hydrogen (secondary N) is 2. The Morgan fingerprint density at radius 3 is 2.10 bits per heavy atom. The van der Waals surface area contributed by atoms with Crippen LogP contribution in [0.3, 0.4) is 0 Å². The zero-order chi connectivity index (χ0) is 14.0. The molecule has 1 spiro atoms. The van der Waals surface area contributed by atoms with Gasteiger partial charge in [-0.05, 0) is 25.0 Å². The van der Waals surface area contributed by atoms with Crippen LogP contribution in [-0.2, 0) is 9.59 Å². The summed E-state index contributed by atoms with van der Waals surface area (Å²) in [5.41, 5.74) is -0.184. The third-order valence-corrected chi connectivity index (χ3v) is 4.04. The van der Waals surface area contributed by atoms with Crippen molar-refractivity contribution in [3.63, 3.8) is 0 Å². The largest absolute Gasteiger partial charge is 0.295 e. The van der Waals surface area contributed by atoms with Crippen molar-refractivity contribution in [2.75, 3.05) is 0 Å². The average Bonchev–Trinajstić information content (AvgIpc) is 2.47. The highest BCUT2D eigenvalue weighted by atomic mass is 16.2. The Bertz CT molecular complexity index is 538. The number of aliphatic imine (C=N–C) groups is 1. The van der Waals surface area contributed by atoms with Crippen LogP contribution in [0.15, 0.2) is 35.3 Å². The zero-order valence-electron chi connectivity index (χ0n) is 11.2. The predicted molar refractivity (Wildman–Crippen MR) is 75.3 cm³/mol. The molecule has 1 aromatic rings. The summed E-state index contributed by atoms with van der Waals surface area (Å²) < 4.78 is 0. The van der Waals surface area contributed by atoms with Gasteiger partial charge in [0.15, 0.2) is 0 Å². The normalized spacial score (nSPS) is 21.3. The molecule has 0 unspecified atom stereocenters. The van der Waals surface area contributed by atoms with Gasteiger partial charge in [-0.1, -0.05) is 37.5 Å². The van der Waals surface area contributed by atoms with Gasteiger partial charge in [0.05, 0.1) is 5.69 Å². The molecule has 104 valence electrons. The van der Waals surface area contributed by atoms with Crippen molar-refractivity contribution in [1.29, 1.82) is 0 Å². The lowest BCUT2D eigenvalue weighted by Gasteiger charge is -2.37. The molecule has 2 aliphatic rings. The van der Waals surface area contributed by atoms with Crippen molar-refractivity contribution >= 4 is 23.5 Å². The minimum atomic E-state index is -0.881. The molecule has 3 rings (SSSR count). The van der Waals surface area contributed by atoms with Gasteiger partial charge >= 0.3 is 0 Å². The molecule has 20 heavy (non-hydrogen) atoms. The molecule has 5 nitrogen and oxygen atoms in total. The molecule has 1 aliphatic heterocycles. The second kappa shape index (κ2) is 5.07. The van der Waals surface area contributed by atoms with Crippen LogP contribution >= 0.6 is 0 Å². The average molecular weight is 271 g/mol. The van der Waals surface area contributed by atoms with Crippen molar-refractivity contribution in [1.82, 2.24) is 10.6 Å². The SMILES string of the molecule is O=C1NC(=Nc2ccccc2)NC(=O)C12CCCCC2. The number of hydrogen-bond acceptors (Lipinski definition) is 3. The first-order valence-electron chi connectivity index (χ1n) is 6.97. The van der Waals surface area contributed by atoms with Crippen molar-refractivity contribution in [3.05, 3.63) is 30.3 Å². The minimum absolute atomic E-state index is 0.212. The maximum atomic E-state index is 12.3. The lowest BCUT2D eigenvalue weighted by molar-refractivity contribution is -0.145. The molecule has 0 aromatic heterocycles. The topological polar surface area (TPSA) is 70.6 Å². The summed E-state index contributed by atoms with van der Waals surface area (Å²) in [6.45, 7) is 0. The summed E-state index contributed by atoms with van der Waals surface area (Å²) >= 11 is 0. The summed E-state index contributed by atoms with van der Waals surface area (Å²) in [6.07, 6.45) is 4.19. The molecule has 1 aliphatic carbocycles. The third-order valence-electron chi connectivity index (χ3n) is 4.04. The molecule has 1 saturated heterocycles. The van der Waals surface area contributed by atoms with E-state index < -0.39 is 5.41 Å². The van der Waals surface area contributed by atoms with E-state index in [1.807, 2.05) is 30.3 Å². The van der Waals surface area contributed by atoms with Crippen LogP contribution in [0.1, 0.15) is 32.1 Å². The van der Waals surface area contributed by atoms with Gasteiger partial charge in [-0.3, -0.25) is 20.2 Å². The number of nitrogens with zero attached hydrogens (tertiary/aromatic N) is 1. The van der Waals surface area contributed by atoms with Crippen LogP contribution in [0, 0.1) is 5.41 Å². The van der Waals surface area contributed by atoms with Crippen LogP contribution in [0.25, 0.3) is 0 Å². The maximum Gasteiger partial charge on any atom is 0.242 e. The molecule has 1 heterocycles. The van der Waals surface area contributed by atoms with E-state index >= 15 is 0 Å². The van der Waals surface area contributed by atoms with Gasteiger partial charge in [0.25, 0.3) is 0 Å². The highest BCUT2D eigenvalue weighted by molar-refractivity contribution is 6.20. The van der Waals surface area contributed by atoms with E-state index in [1.165, 1.54) is 0 Å². The van der Waals surface area contributed by atoms with Gasteiger partial charge < -0.3 is 0 Å². The summed E-state index contributed by atoms with van der Waals surface area (Å²) in [5, 5.41) is 5.47. The van der Waals surface area contributed by atoms with Crippen molar-refractivity contribution < 1.29 is 9.59 Å². The van der Waals surface area contributed by atoms with Gasteiger partial charge in [-0.15, -0.1) is 0 Å². The molecular formula is C15H17N3O2. The molecule has 0 radical (unpaired) electrons. The Balaban J connectivity index is 1.83. The molecule has 1 aromatic carbocycles. The smallest absolute Gasteiger partial charge is 0.242 e. The Labute approximate surface area is 117 Å². The molecule has 2 fully saturated rings. The third kappa shape index (κ3) is 2.19. The molecule has 0 atom stereocenters. The summed E-state index contributed by atoms with van der Waals surface area (Å²) in [5.74, 6) is -0.200. The number of amides is 2. The van der Waals surface area contributed by atoms with Crippen LogP contribution in [0.4, 0.5) is 5.69 Å². The lowest BCUT2D eigenvalue weighted by Crippen LogP contribution is -2.63. The van der Waals surface area contributed by atoms with E-state index in [0.29, 0.717) is 18.5 Å². The van der Waals surface area contributed by atoms with Crippen LogP contribution < -0.4 is 10.6 Å². The molecule has 2 N–H and O–H groups in total. The van der Waals surface area contributed by atoms with Crippen LogP contribution in [-0.4, -0.2) is 17.8 Å². The number of carbonyl (C=O) groups is 2. The van der Waals surface area contributed by atoms with Gasteiger partial charge in [-0.2, -0.15) is 0 Å². The van der Waals surface area contributed by atoms with E-state index in [9.17, 15) is 9.59 Å². The standard InChI is InChI=1S/C15H17N3O2/c19-12-15(9-5-2-6-10-15)13(20)18-14(17-12)16-11-7-3-1-4-8-11/h1,3-4,7-8H,2,5-6,9-10H2,(H2,16,17,18,19,20). The first kappa shape index (κ1) is 12.8. The molecule has 2 amide bonds. The first-order valence-corrected chi connectivity index (χ1v) is 6.97. The molecule has 5 heteroatoms. The van der Waals surface area contributed by atoms with Crippen LogP contribution in [0.2, 0.25) is 0 Å². The Hall–Kier alpha value is -2.17. The maximum absolute atomic E-state index is 12.3. The van der Waals surface area contributed by atoms with E-state index in [0.717, 1.165) is 19.3 Å². The highest BCUT2D eigenvalue weighted by Gasteiger charge is 2.49. The minimum Gasteiger partial charge on any atom is -0.295 e.